The van der Waals surface area contributed by atoms with E-state index in [9.17, 15) is 18.3 Å². The normalized spacial score (nSPS) is 20.5. The third-order valence-electron chi connectivity index (χ3n) is 4.04. The minimum absolute atomic E-state index is 0.0196. The van der Waals surface area contributed by atoms with Gasteiger partial charge in [-0.15, -0.1) is 0 Å². The van der Waals surface area contributed by atoms with Crippen molar-refractivity contribution < 1.29 is 18.3 Å². The standard InChI is InChI=1S/C14H21N3O4S/c1-9-5-11(9)8-16(2)12-6-10(14(18)19)7-13(15-12)17(3)22(4,20)21/h6-7,9,11H,5,8H2,1-4H3,(H,18,19)/t9-,11+/m0/s1. The minimum atomic E-state index is -3.50. The summed E-state index contributed by atoms with van der Waals surface area (Å²) in [5.74, 6) is 0.706. The summed E-state index contributed by atoms with van der Waals surface area (Å²) < 4.78 is 24.3. The maximum absolute atomic E-state index is 11.6. The Morgan fingerprint density at radius 1 is 1.36 bits per heavy atom. The zero-order valence-electron chi connectivity index (χ0n) is 13.1. The third-order valence-corrected chi connectivity index (χ3v) is 5.22. The van der Waals surface area contributed by atoms with E-state index in [4.69, 9.17) is 0 Å². The number of hydrogen-bond donors (Lipinski definition) is 1. The quantitative estimate of drug-likeness (QED) is 0.846. The van der Waals surface area contributed by atoms with Crippen LogP contribution >= 0.6 is 0 Å². The first-order valence-electron chi connectivity index (χ1n) is 7.00. The van der Waals surface area contributed by atoms with E-state index in [1.807, 2.05) is 11.9 Å². The number of carbonyl (C=O) groups is 1. The molecule has 1 aliphatic rings. The van der Waals surface area contributed by atoms with E-state index in [0.717, 1.165) is 23.5 Å². The molecule has 1 saturated carbocycles. The summed E-state index contributed by atoms with van der Waals surface area (Å²) in [4.78, 5) is 17.4. The van der Waals surface area contributed by atoms with Crippen LogP contribution in [-0.2, 0) is 10.0 Å². The molecule has 1 heterocycles. The van der Waals surface area contributed by atoms with Gasteiger partial charge in [0.05, 0.1) is 11.8 Å². The van der Waals surface area contributed by atoms with Crippen molar-refractivity contribution in [1.29, 1.82) is 0 Å². The molecule has 1 aromatic rings. The van der Waals surface area contributed by atoms with Gasteiger partial charge in [-0.1, -0.05) is 6.92 Å². The Morgan fingerprint density at radius 3 is 2.36 bits per heavy atom. The molecule has 0 saturated heterocycles. The van der Waals surface area contributed by atoms with Crippen molar-refractivity contribution >= 4 is 27.6 Å². The van der Waals surface area contributed by atoms with E-state index >= 15 is 0 Å². The van der Waals surface area contributed by atoms with E-state index in [1.165, 1.54) is 19.2 Å². The number of rotatable bonds is 6. The van der Waals surface area contributed by atoms with Gasteiger partial charge in [0, 0.05) is 20.6 Å². The second kappa shape index (κ2) is 5.75. The number of pyridine rings is 1. The summed E-state index contributed by atoms with van der Waals surface area (Å²) in [6, 6.07) is 2.73. The number of nitrogens with zero attached hydrogens (tertiary/aromatic N) is 3. The molecule has 122 valence electrons. The van der Waals surface area contributed by atoms with Gasteiger partial charge in [-0.05, 0) is 30.4 Å². The summed E-state index contributed by atoms with van der Waals surface area (Å²) in [6.45, 7) is 2.95. The predicted molar refractivity (Wildman–Crippen MR) is 85.0 cm³/mol. The van der Waals surface area contributed by atoms with Gasteiger partial charge < -0.3 is 10.0 Å². The number of carboxylic acid groups (broad SMARTS) is 1. The van der Waals surface area contributed by atoms with Crippen LogP contribution < -0.4 is 9.21 Å². The van der Waals surface area contributed by atoms with Crippen LogP contribution in [0.1, 0.15) is 23.7 Å². The van der Waals surface area contributed by atoms with Crippen LogP contribution in [0.2, 0.25) is 0 Å². The van der Waals surface area contributed by atoms with Crippen LogP contribution in [0.4, 0.5) is 11.6 Å². The summed E-state index contributed by atoms with van der Waals surface area (Å²) in [5.41, 5.74) is 0.0196. The van der Waals surface area contributed by atoms with Crippen molar-refractivity contribution in [2.75, 3.05) is 36.1 Å². The molecule has 22 heavy (non-hydrogen) atoms. The Labute approximate surface area is 130 Å². The highest BCUT2D eigenvalue weighted by Gasteiger charge is 2.33. The number of aromatic carboxylic acids is 1. The van der Waals surface area contributed by atoms with Crippen LogP contribution in [0.5, 0.6) is 0 Å². The lowest BCUT2D eigenvalue weighted by Crippen LogP contribution is -2.28. The highest BCUT2D eigenvalue weighted by atomic mass is 32.2. The summed E-state index contributed by atoms with van der Waals surface area (Å²) >= 11 is 0. The summed E-state index contributed by atoms with van der Waals surface area (Å²) in [7, 11) is -0.307. The summed E-state index contributed by atoms with van der Waals surface area (Å²) in [5, 5.41) is 9.22. The molecule has 0 spiro atoms. The minimum Gasteiger partial charge on any atom is -0.478 e. The van der Waals surface area contributed by atoms with E-state index in [1.54, 1.807) is 0 Å². The van der Waals surface area contributed by atoms with Gasteiger partial charge >= 0.3 is 5.97 Å². The molecule has 2 rings (SSSR count). The lowest BCUT2D eigenvalue weighted by atomic mass is 10.2. The van der Waals surface area contributed by atoms with Crippen LogP contribution in [0.15, 0.2) is 12.1 Å². The maximum Gasteiger partial charge on any atom is 0.335 e. The average Bonchev–Trinajstić information content (AvgIpc) is 3.11. The van der Waals surface area contributed by atoms with E-state index in [0.29, 0.717) is 17.7 Å². The fraction of sp³-hybridized carbons (Fsp3) is 0.571. The van der Waals surface area contributed by atoms with Gasteiger partial charge in [0.25, 0.3) is 0 Å². The van der Waals surface area contributed by atoms with E-state index in [2.05, 4.69) is 11.9 Å². The fourth-order valence-electron chi connectivity index (χ4n) is 2.25. The Kier molecular flexibility index (Phi) is 4.32. The van der Waals surface area contributed by atoms with Gasteiger partial charge in [0.2, 0.25) is 10.0 Å². The number of aromatic nitrogens is 1. The molecule has 1 aromatic heterocycles. The second-order valence-electron chi connectivity index (χ2n) is 5.96. The van der Waals surface area contributed by atoms with Crippen molar-refractivity contribution in [3.8, 4) is 0 Å². The Morgan fingerprint density at radius 2 is 1.91 bits per heavy atom. The summed E-state index contributed by atoms with van der Waals surface area (Å²) in [6.07, 6.45) is 2.20. The molecule has 7 nitrogen and oxygen atoms in total. The van der Waals surface area contributed by atoms with Crippen molar-refractivity contribution in [3.05, 3.63) is 17.7 Å². The third kappa shape index (κ3) is 3.68. The highest BCUT2D eigenvalue weighted by molar-refractivity contribution is 7.92. The van der Waals surface area contributed by atoms with Gasteiger partial charge in [-0.25, -0.2) is 18.2 Å². The molecule has 0 unspecified atom stereocenters. The molecule has 1 fully saturated rings. The zero-order valence-corrected chi connectivity index (χ0v) is 14.0. The molecular weight excluding hydrogens is 306 g/mol. The highest BCUT2D eigenvalue weighted by Crippen LogP contribution is 2.38. The van der Waals surface area contributed by atoms with Gasteiger partial charge in [-0.3, -0.25) is 4.31 Å². The molecule has 1 N–H and O–H groups in total. The second-order valence-corrected chi connectivity index (χ2v) is 7.98. The van der Waals surface area contributed by atoms with Crippen molar-refractivity contribution in [2.45, 2.75) is 13.3 Å². The molecule has 0 aromatic carbocycles. The SMILES string of the molecule is C[C@H]1C[C@@H]1CN(C)c1cc(C(=O)O)cc(N(C)S(C)(=O)=O)n1. The Balaban J connectivity index is 2.36. The maximum atomic E-state index is 11.6. The first kappa shape index (κ1) is 16.5. The average molecular weight is 327 g/mol. The molecule has 0 aliphatic heterocycles. The molecule has 2 atom stereocenters. The van der Waals surface area contributed by atoms with E-state index in [-0.39, 0.29) is 11.4 Å². The fourth-order valence-corrected chi connectivity index (χ4v) is 2.68. The van der Waals surface area contributed by atoms with Gasteiger partial charge in [0.1, 0.15) is 11.6 Å². The number of anilines is 2. The van der Waals surface area contributed by atoms with Crippen LogP contribution in [-0.4, -0.2) is 51.4 Å². The van der Waals surface area contributed by atoms with Crippen molar-refractivity contribution in [1.82, 2.24) is 4.98 Å². The first-order chi connectivity index (χ1) is 10.1. The predicted octanol–water partition coefficient (Wildman–Crippen LogP) is 1.27. The van der Waals surface area contributed by atoms with Gasteiger partial charge in [-0.2, -0.15) is 0 Å². The van der Waals surface area contributed by atoms with Crippen LogP contribution in [0, 0.1) is 11.8 Å². The molecule has 0 amide bonds. The number of hydrogen-bond acceptors (Lipinski definition) is 5. The lowest BCUT2D eigenvalue weighted by molar-refractivity contribution is 0.0697. The Hall–Kier alpha value is -1.83. The molecule has 0 radical (unpaired) electrons. The van der Waals surface area contributed by atoms with E-state index < -0.39 is 16.0 Å². The number of carboxylic acids is 1. The van der Waals surface area contributed by atoms with Crippen molar-refractivity contribution in [2.24, 2.45) is 11.8 Å². The molecule has 1 aliphatic carbocycles. The monoisotopic (exact) mass is 327 g/mol. The smallest absolute Gasteiger partial charge is 0.335 e. The number of sulfonamides is 1. The van der Waals surface area contributed by atoms with Crippen LogP contribution in [0.3, 0.4) is 0 Å². The molecular formula is C14H21N3O4S. The largest absolute Gasteiger partial charge is 0.478 e. The van der Waals surface area contributed by atoms with Gasteiger partial charge in [0.15, 0.2) is 0 Å². The Bertz CT molecular complexity index is 689. The molecule has 0 bridgehead atoms. The van der Waals surface area contributed by atoms with Crippen LogP contribution in [0.25, 0.3) is 0 Å². The van der Waals surface area contributed by atoms with Crippen molar-refractivity contribution in [3.63, 3.8) is 0 Å². The topological polar surface area (TPSA) is 90.8 Å². The first-order valence-corrected chi connectivity index (χ1v) is 8.85. The zero-order chi connectivity index (χ0) is 16.7. The lowest BCUT2D eigenvalue weighted by Gasteiger charge is -2.22. The molecule has 8 heteroatoms.